The molecule has 0 saturated carbocycles. The molecular formula is C12H28N2. The maximum atomic E-state index is 5.43. The van der Waals surface area contributed by atoms with E-state index in [0.717, 1.165) is 6.54 Å². The zero-order valence-corrected chi connectivity index (χ0v) is 10.1. The molecule has 0 saturated heterocycles. The molecular weight excluding hydrogens is 172 g/mol. The lowest BCUT2D eigenvalue weighted by molar-refractivity contribution is 0.389. The second-order valence-corrected chi connectivity index (χ2v) is 4.42. The fourth-order valence-corrected chi connectivity index (χ4v) is 1.63. The van der Waals surface area contributed by atoms with Crippen molar-refractivity contribution in [2.24, 2.45) is 5.73 Å². The summed E-state index contributed by atoms with van der Waals surface area (Å²) in [7, 11) is 4.29. The molecule has 14 heavy (non-hydrogen) atoms. The Morgan fingerprint density at radius 1 is 0.714 bits per heavy atom. The molecule has 0 spiro atoms. The molecule has 0 unspecified atom stereocenters. The van der Waals surface area contributed by atoms with E-state index in [1.165, 1.54) is 57.9 Å². The Hall–Kier alpha value is -0.0800. The molecule has 0 rings (SSSR count). The monoisotopic (exact) mass is 200 g/mol. The number of hydrogen-bond acceptors (Lipinski definition) is 2. The third-order valence-electron chi connectivity index (χ3n) is 2.56. The molecule has 0 aromatic rings. The Morgan fingerprint density at radius 3 is 1.57 bits per heavy atom. The largest absolute Gasteiger partial charge is 0.330 e. The van der Waals surface area contributed by atoms with Gasteiger partial charge in [0.1, 0.15) is 0 Å². The van der Waals surface area contributed by atoms with Gasteiger partial charge in [-0.2, -0.15) is 0 Å². The van der Waals surface area contributed by atoms with Crippen LogP contribution in [-0.2, 0) is 0 Å². The predicted octanol–water partition coefficient (Wildman–Crippen LogP) is 2.63. The van der Waals surface area contributed by atoms with Crippen LogP contribution < -0.4 is 5.73 Å². The van der Waals surface area contributed by atoms with Gasteiger partial charge in [-0.3, -0.25) is 0 Å². The van der Waals surface area contributed by atoms with Crippen LogP contribution in [0.15, 0.2) is 0 Å². The number of unbranched alkanes of at least 4 members (excludes halogenated alkanes) is 7. The molecule has 0 aliphatic heterocycles. The SMILES string of the molecule is CN(C)CCCCCCCCCCN. The maximum absolute atomic E-state index is 5.43. The van der Waals surface area contributed by atoms with Crippen molar-refractivity contribution in [1.29, 1.82) is 0 Å². The standard InChI is InChI=1S/C12H28N2/c1-14(2)12-10-8-6-4-3-5-7-9-11-13/h3-13H2,1-2H3. The second kappa shape index (κ2) is 11.0. The molecule has 86 valence electrons. The van der Waals surface area contributed by atoms with Gasteiger partial charge in [0.25, 0.3) is 0 Å². The van der Waals surface area contributed by atoms with Crippen LogP contribution in [0.25, 0.3) is 0 Å². The van der Waals surface area contributed by atoms with Crippen molar-refractivity contribution in [2.45, 2.75) is 51.4 Å². The van der Waals surface area contributed by atoms with Gasteiger partial charge in [-0.25, -0.2) is 0 Å². The van der Waals surface area contributed by atoms with E-state index in [0.29, 0.717) is 0 Å². The molecule has 0 atom stereocenters. The molecule has 0 aliphatic carbocycles. The topological polar surface area (TPSA) is 29.3 Å². The summed E-state index contributed by atoms with van der Waals surface area (Å²) in [4.78, 5) is 2.27. The minimum atomic E-state index is 0.864. The van der Waals surface area contributed by atoms with Gasteiger partial charge >= 0.3 is 0 Å². The van der Waals surface area contributed by atoms with Crippen LogP contribution in [0.1, 0.15) is 51.4 Å². The molecule has 0 heterocycles. The molecule has 2 heteroatoms. The minimum Gasteiger partial charge on any atom is -0.330 e. The van der Waals surface area contributed by atoms with Crippen LogP contribution in [0.5, 0.6) is 0 Å². The Morgan fingerprint density at radius 2 is 1.14 bits per heavy atom. The van der Waals surface area contributed by atoms with Crippen LogP contribution in [0.3, 0.4) is 0 Å². The fourth-order valence-electron chi connectivity index (χ4n) is 1.63. The van der Waals surface area contributed by atoms with Gasteiger partial charge in [0.15, 0.2) is 0 Å². The highest BCUT2D eigenvalue weighted by molar-refractivity contribution is 4.49. The van der Waals surface area contributed by atoms with Crippen LogP contribution in [0, 0.1) is 0 Å². The van der Waals surface area contributed by atoms with E-state index in [2.05, 4.69) is 19.0 Å². The average molecular weight is 200 g/mol. The predicted molar refractivity (Wildman–Crippen MR) is 64.5 cm³/mol. The Bertz CT molecular complexity index is 102. The molecule has 0 amide bonds. The number of hydrogen-bond donors (Lipinski definition) is 1. The van der Waals surface area contributed by atoms with Crippen molar-refractivity contribution in [3.8, 4) is 0 Å². The van der Waals surface area contributed by atoms with Gasteiger partial charge in [-0.1, -0.05) is 38.5 Å². The van der Waals surface area contributed by atoms with E-state index in [1.54, 1.807) is 0 Å². The maximum Gasteiger partial charge on any atom is -0.00248 e. The molecule has 2 N–H and O–H groups in total. The van der Waals surface area contributed by atoms with Crippen molar-refractivity contribution in [2.75, 3.05) is 27.2 Å². The third-order valence-corrected chi connectivity index (χ3v) is 2.56. The van der Waals surface area contributed by atoms with E-state index in [9.17, 15) is 0 Å². The fraction of sp³-hybridized carbons (Fsp3) is 1.00. The first-order chi connectivity index (χ1) is 6.77. The molecule has 0 aromatic carbocycles. The van der Waals surface area contributed by atoms with E-state index in [4.69, 9.17) is 5.73 Å². The second-order valence-electron chi connectivity index (χ2n) is 4.42. The minimum absolute atomic E-state index is 0.864. The Balaban J connectivity index is 2.85. The zero-order valence-electron chi connectivity index (χ0n) is 10.1. The van der Waals surface area contributed by atoms with E-state index in [-0.39, 0.29) is 0 Å². The first-order valence-electron chi connectivity index (χ1n) is 6.12. The summed E-state index contributed by atoms with van der Waals surface area (Å²) in [6.45, 7) is 2.11. The summed E-state index contributed by atoms with van der Waals surface area (Å²) in [6, 6.07) is 0. The van der Waals surface area contributed by atoms with Crippen molar-refractivity contribution in [3.63, 3.8) is 0 Å². The van der Waals surface area contributed by atoms with Crippen molar-refractivity contribution >= 4 is 0 Å². The quantitative estimate of drug-likeness (QED) is 0.549. The molecule has 0 radical (unpaired) electrons. The van der Waals surface area contributed by atoms with Crippen LogP contribution in [0.2, 0.25) is 0 Å². The van der Waals surface area contributed by atoms with E-state index < -0.39 is 0 Å². The lowest BCUT2D eigenvalue weighted by Crippen LogP contribution is -2.12. The van der Waals surface area contributed by atoms with Gasteiger partial charge in [0, 0.05) is 0 Å². The van der Waals surface area contributed by atoms with Gasteiger partial charge < -0.3 is 10.6 Å². The third kappa shape index (κ3) is 11.9. The van der Waals surface area contributed by atoms with Gasteiger partial charge in [0.2, 0.25) is 0 Å². The summed E-state index contributed by atoms with van der Waals surface area (Å²) in [5, 5.41) is 0. The van der Waals surface area contributed by atoms with Crippen LogP contribution in [0.4, 0.5) is 0 Å². The highest BCUT2D eigenvalue weighted by atomic mass is 15.0. The van der Waals surface area contributed by atoms with Crippen LogP contribution in [-0.4, -0.2) is 32.1 Å². The van der Waals surface area contributed by atoms with Crippen molar-refractivity contribution in [3.05, 3.63) is 0 Å². The Kier molecular flexibility index (Phi) is 10.9. The molecule has 0 fully saturated rings. The zero-order chi connectivity index (χ0) is 10.6. The molecule has 0 bridgehead atoms. The van der Waals surface area contributed by atoms with Crippen LogP contribution >= 0.6 is 0 Å². The van der Waals surface area contributed by atoms with Gasteiger partial charge in [-0.05, 0) is 40.0 Å². The van der Waals surface area contributed by atoms with E-state index in [1.807, 2.05) is 0 Å². The summed E-state index contributed by atoms with van der Waals surface area (Å²) in [6.07, 6.45) is 10.9. The summed E-state index contributed by atoms with van der Waals surface area (Å²) in [5.74, 6) is 0. The highest BCUT2D eigenvalue weighted by Crippen LogP contribution is 2.08. The first kappa shape index (κ1) is 13.9. The smallest absolute Gasteiger partial charge is 0.00248 e. The Labute approximate surface area is 89.9 Å². The van der Waals surface area contributed by atoms with Gasteiger partial charge in [-0.15, -0.1) is 0 Å². The molecule has 0 aliphatic rings. The first-order valence-corrected chi connectivity index (χ1v) is 6.12. The van der Waals surface area contributed by atoms with Crippen molar-refractivity contribution in [1.82, 2.24) is 4.90 Å². The number of nitrogens with two attached hydrogens (primary N) is 1. The molecule has 0 aromatic heterocycles. The summed E-state index contributed by atoms with van der Waals surface area (Å²) < 4.78 is 0. The lowest BCUT2D eigenvalue weighted by Gasteiger charge is -2.08. The number of rotatable bonds is 10. The molecule has 2 nitrogen and oxygen atoms in total. The normalized spacial score (nSPS) is 11.1. The summed E-state index contributed by atoms with van der Waals surface area (Å²) >= 11 is 0. The highest BCUT2D eigenvalue weighted by Gasteiger charge is 1.92. The van der Waals surface area contributed by atoms with Crippen molar-refractivity contribution < 1.29 is 0 Å². The van der Waals surface area contributed by atoms with E-state index >= 15 is 0 Å². The lowest BCUT2D eigenvalue weighted by atomic mass is 10.1. The van der Waals surface area contributed by atoms with Gasteiger partial charge in [0.05, 0.1) is 0 Å². The number of nitrogens with zero attached hydrogens (tertiary/aromatic N) is 1. The summed E-state index contributed by atoms with van der Waals surface area (Å²) in [5.41, 5.74) is 5.43. The average Bonchev–Trinajstić information content (AvgIpc) is 2.15.